The van der Waals surface area contributed by atoms with Gasteiger partial charge >= 0.3 is 0 Å². The number of amides is 2. The molecule has 2 amide bonds. The third-order valence-electron chi connectivity index (χ3n) is 3.10. The van der Waals surface area contributed by atoms with Crippen LogP contribution in [0.15, 0.2) is 22.8 Å². The van der Waals surface area contributed by atoms with Crippen LogP contribution in [0.25, 0.3) is 0 Å². The molecule has 1 aliphatic heterocycles. The summed E-state index contributed by atoms with van der Waals surface area (Å²) in [4.78, 5) is 24.8. The minimum absolute atomic E-state index is 0.130. The van der Waals surface area contributed by atoms with Crippen LogP contribution in [0.4, 0.5) is 0 Å². The number of rotatable bonds is 1. The van der Waals surface area contributed by atoms with Gasteiger partial charge in [-0.05, 0) is 18.8 Å². The van der Waals surface area contributed by atoms with Crippen molar-refractivity contribution in [2.75, 3.05) is 7.05 Å². The smallest absolute Gasteiger partial charge is 0.261 e. The Bertz CT molecular complexity index is 402. The van der Waals surface area contributed by atoms with Crippen molar-refractivity contribution >= 4 is 11.8 Å². The van der Waals surface area contributed by atoms with Crippen LogP contribution < -0.4 is 0 Å². The molecule has 2 rings (SSSR count). The molecule has 1 heterocycles. The van der Waals surface area contributed by atoms with Gasteiger partial charge in [0.2, 0.25) is 0 Å². The van der Waals surface area contributed by atoms with Crippen LogP contribution in [0.3, 0.4) is 0 Å². The Labute approximate surface area is 89.4 Å². The molecule has 0 unspecified atom stereocenters. The lowest BCUT2D eigenvalue weighted by atomic mass is 9.86. The molecule has 0 radical (unpaired) electrons. The molecular weight excluding hydrogens is 190 g/mol. The van der Waals surface area contributed by atoms with E-state index in [0.717, 1.165) is 18.4 Å². The van der Waals surface area contributed by atoms with Crippen molar-refractivity contribution < 1.29 is 9.59 Å². The lowest BCUT2D eigenvalue weighted by Crippen LogP contribution is -2.24. The van der Waals surface area contributed by atoms with E-state index in [2.05, 4.69) is 13.8 Å². The normalized spacial score (nSPS) is 21.3. The quantitative estimate of drug-likeness (QED) is 0.610. The first kappa shape index (κ1) is 10.1. The van der Waals surface area contributed by atoms with E-state index in [9.17, 15) is 9.59 Å². The maximum atomic E-state index is 11.9. The Kier molecular flexibility index (Phi) is 2.25. The van der Waals surface area contributed by atoms with Gasteiger partial charge < -0.3 is 0 Å². The zero-order valence-corrected chi connectivity index (χ0v) is 9.33. The molecule has 3 nitrogen and oxygen atoms in total. The molecule has 0 saturated carbocycles. The molecule has 1 fully saturated rings. The molecule has 3 heteroatoms. The average molecular weight is 205 g/mol. The molecule has 80 valence electrons. The molecule has 0 aromatic carbocycles. The fourth-order valence-electron chi connectivity index (χ4n) is 2.24. The Morgan fingerprint density at radius 2 is 1.93 bits per heavy atom. The van der Waals surface area contributed by atoms with E-state index in [1.54, 1.807) is 7.05 Å². The molecule has 1 aliphatic carbocycles. The number of allylic oxidation sites excluding steroid dienone is 2. The summed E-state index contributed by atoms with van der Waals surface area (Å²) in [5, 5.41) is 0. The summed E-state index contributed by atoms with van der Waals surface area (Å²) in [5.41, 5.74) is 2.43. The van der Waals surface area contributed by atoms with Gasteiger partial charge in [0.25, 0.3) is 11.8 Å². The molecule has 0 spiro atoms. The van der Waals surface area contributed by atoms with Crippen LogP contribution in [0.5, 0.6) is 0 Å². The van der Waals surface area contributed by atoms with Gasteiger partial charge in [-0.25, -0.2) is 0 Å². The van der Waals surface area contributed by atoms with Crippen molar-refractivity contribution in [1.29, 1.82) is 0 Å². The van der Waals surface area contributed by atoms with Gasteiger partial charge in [0.05, 0.1) is 5.57 Å². The number of carbonyl (C=O) groups excluding carboxylic acids is 2. The maximum Gasteiger partial charge on any atom is 0.261 e. The first-order valence-electron chi connectivity index (χ1n) is 5.30. The molecule has 15 heavy (non-hydrogen) atoms. The monoisotopic (exact) mass is 205 g/mol. The molecule has 0 bridgehead atoms. The third-order valence-corrected chi connectivity index (χ3v) is 3.10. The van der Waals surface area contributed by atoms with E-state index in [1.807, 2.05) is 6.08 Å². The first-order chi connectivity index (χ1) is 7.04. The van der Waals surface area contributed by atoms with Crippen LogP contribution in [0.2, 0.25) is 0 Å². The maximum absolute atomic E-state index is 11.9. The summed E-state index contributed by atoms with van der Waals surface area (Å²) in [7, 11) is 1.55. The molecule has 1 saturated heterocycles. The van der Waals surface area contributed by atoms with E-state index >= 15 is 0 Å². The fourth-order valence-corrected chi connectivity index (χ4v) is 2.24. The number of carbonyl (C=O) groups is 2. The summed E-state index contributed by atoms with van der Waals surface area (Å²) < 4.78 is 0. The van der Waals surface area contributed by atoms with Gasteiger partial charge in [0.1, 0.15) is 0 Å². The Morgan fingerprint density at radius 3 is 2.53 bits per heavy atom. The van der Waals surface area contributed by atoms with Crippen molar-refractivity contribution in [3.63, 3.8) is 0 Å². The number of likely N-dealkylation sites (N-methyl/N-ethyl adjacent to an activating group) is 1. The van der Waals surface area contributed by atoms with E-state index in [-0.39, 0.29) is 11.8 Å². The summed E-state index contributed by atoms with van der Waals surface area (Å²) >= 11 is 0. The summed E-state index contributed by atoms with van der Waals surface area (Å²) in [6, 6.07) is 0. The van der Waals surface area contributed by atoms with Gasteiger partial charge in [0, 0.05) is 12.6 Å². The lowest BCUT2D eigenvalue weighted by molar-refractivity contribution is -0.134. The number of hydrogen-bond acceptors (Lipinski definition) is 2. The van der Waals surface area contributed by atoms with Crippen molar-refractivity contribution in [2.24, 2.45) is 5.92 Å². The first-order valence-corrected chi connectivity index (χ1v) is 5.30. The minimum atomic E-state index is -0.146. The molecule has 0 aromatic heterocycles. The highest BCUT2D eigenvalue weighted by Crippen LogP contribution is 2.35. The number of imide groups is 1. The standard InChI is InChI=1S/C12H15NO2/c1-7(2)8-5-4-6-9-10(8)12(15)13(3)11(9)14/h6-7H,4-5H2,1-3H3. The highest BCUT2D eigenvalue weighted by atomic mass is 16.2. The highest BCUT2D eigenvalue weighted by Gasteiger charge is 2.39. The zero-order valence-electron chi connectivity index (χ0n) is 9.33. The van der Waals surface area contributed by atoms with Crippen molar-refractivity contribution in [1.82, 2.24) is 4.90 Å². The van der Waals surface area contributed by atoms with E-state index < -0.39 is 0 Å². The average Bonchev–Trinajstić information content (AvgIpc) is 2.44. The van der Waals surface area contributed by atoms with Crippen molar-refractivity contribution in [3.05, 3.63) is 22.8 Å². The van der Waals surface area contributed by atoms with E-state index in [0.29, 0.717) is 17.1 Å². The topological polar surface area (TPSA) is 37.4 Å². The number of hydrogen-bond donors (Lipinski definition) is 0. The molecule has 0 atom stereocenters. The summed E-state index contributed by atoms with van der Waals surface area (Å²) in [6.45, 7) is 4.14. The number of likely N-dealkylation sites (tertiary alicyclic amines) is 1. The van der Waals surface area contributed by atoms with Gasteiger partial charge in [-0.2, -0.15) is 0 Å². The Hall–Kier alpha value is -1.38. The largest absolute Gasteiger partial charge is 0.277 e. The number of nitrogens with zero attached hydrogens (tertiary/aromatic N) is 1. The van der Waals surface area contributed by atoms with Gasteiger partial charge in [-0.15, -0.1) is 0 Å². The Balaban J connectivity index is 2.58. The minimum Gasteiger partial charge on any atom is -0.277 e. The Morgan fingerprint density at radius 1 is 1.27 bits per heavy atom. The second-order valence-electron chi connectivity index (χ2n) is 4.38. The predicted octanol–water partition coefficient (Wildman–Crippen LogP) is 1.66. The van der Waals surface area contributed by atoms with Crippen molar-refractivity contribution in [2.45, 2.75) is 26.7 Å². The second-order valence-corrected chi connectivity index (χ2v) is 4.38. The highest BCUT2D eigenvalue weighted by molar-refractivity contribution is 6.24. The molecular formula is C12H15NO2. The van der Waals surface area contributed by atoms with Crippen LogP contribution >= 0.6 is 0 Å². The van der Waals surface area contributed by atoms with Gasteiger partial charge in [0.15, 0.2) is 0 Å². The van der Waals surface area contributed by atoms with Crippen LogP contribution in [-0.2, 0) is 9.59 Å². The lowest BCUT2D eigenvalue weighted by Gasteiger charge is -2.17. The zero-order chi connectivity index (χ0) is 11.2. The second kappa shape index (κ2) is 3.33. The number of fused-ring (bicyclic) bond motifs is 1. The predicted molar refractivity (Wildman–Crippen MR) is 57.0 cm³/mol. The van der Waals surface area contributed by atoms with Crippen LogP contribution in [0, 0.1) is 5.92 Å². The van der Waals surface area contributed by atoms with Gasteiger partial charge in [-0.1, -0.05) is 25.5 Å². The van der Waals surface area contributed by atoms with Crippen LogP contribution in [-0.4, -0.2) is 23.8 Å². The molecule has 2 aliphatic rings. The summed E-state index contributed by atoms with van der Waals surface area (Å²) in [6.07, 6.45) is 3.67. The van der Waals surface area contributed by atoms with Crippen LogP contribution in [0.1, 0.15) is 26.7 Å². The van der Waals surface area contributed by atoms with Gasteiger partial charge in [-0.3, -0.25) is 14.5 Å². The summed E-state index contributed by atoms with van der Waals surface area (Å²) in [5.74, 6) is 0.0643. The van der Waals surface area contributed by atoms with Crippen molar-refractivity contribution in [3.8, 4) is 0 Å². The molecule has 0 aromatic rings. The fraction of sp³-hybridized carbons (Fsp3) is 0.500. The third kappa shape index (κ3) is 1.34. The SMILES string of the molecule is CC(C)C1=C2C(=O)N(C)C(=O)C2=CCC1. The van der Waals surface area contributed by atoms with E-state index in [1.165, 1.54) is 4.90 Å². The molecule has 0 N–H and O–H groups in total. The van der Waals surface area contributed by atoms with E-state index in [4.69, 9.17) is 0 Å².